The summed E-state index contributed by atoms with van der Waals surface area (Å²) in [5, 5.41) is 0. The van der Waals surface area contributed by atoms with Crippen molar-refractivity contribution in [2.75, 3.05) is 24.9 Å². The Morgan fingerprint density at radius 1 is 1.21 bits per heavy atom. The molecule has 2 rings (SSSR count). The molecule has 0 aromatic heterocycles. The van der Waals surface area contributed by atoms with Crippen LogP contribution in [-0.4, -0.2) is 45.5 Å². The largest absolute Gasteiger partial charge is 0.494 e. The second-order valence-corrected chi connectivity index (χ2v) is 7.77. The van der Waals surface area contributed by atoms with Gasteiger partial charge in [0.2, 0.25) is 0 Å². The van der Waals surface area contributed by atoms with Gasteiger partial charge in [0.05, 0.1) is 11.5 Å². The van der Waals surface area contributed by atoms with Crippen molar-refractivity contribution in [3.05, 3.63) is 54.1 Å². The van der Waals surface area contributed by atoms with E-state index in [-0.39, 0.29) is 29.3 Å². The lowest BCUT2D eigenvalue weighted by molar-refractivity contribution is 0.0748. The first-order valence-corrected chi connectivity index (χ1v) is 10.1. The Morgan fingerprint density at radius 2 is 1.86 bits per heavy atom. The fourth-order valence-electron chi connectivity index (χ4n) is 2.37. The molecule has 0 aliphatic carbocycles. The molecule has 1 amide bonds. The Hall–Kier alpha value is -2.29. The van der Waals surface area contributed by atoms with Crippen LogP contribution in [0.4, 0.5) is 5.69 Å². The van der Waals surface area contributed by atoms with Gasteiger partial charge in [0.25, 0.3) is 15.9 Å². The highest BCUT2D eigenvalue weighted by Gasteiger charge is 2.18. The number of rotatable bonds is 8. The van der Waals surface area contributed by atoms with Crippen molar-refractivity contribution in [2.24, 2.45) is 5.73 Å². The van der Waals surface area contributed by atoms with E-state index >= 15 is 0 Å². The summed E-state index contributed by atoms with van der Waals surface area (Å²) in [5.74, 6) is 0.371. The van der Waals surface area contributed by atoms with E-state index < -0.39 is 10.0 Å². The minimum Gasteiger partial charge on any atom is -0.494 e. The van der Waals surface area contributed by atoms with Gasteiger partial charge in [-0.1, -0.05) is 6.07 Å². The number of nitrogens with zero attached hydrogens (tertiary/aromatic N) is 1. The van der Waals surface area contributed by atoms with Gasteiger partial charge in [-0.3, -0.25) is 9.52 Å². The van der Waals surface area contributed by atoms with Crippen LogP contribution in [0.1, 0.15) is 24.2 Å². The van der Waals surface area contributed by atoms with Crippen molar-refractivity contribution < 1.29 is 17.9 Å². The molecule has 2 aromatic carbocycles. The number of carbonyl (C=O) groups excluding carboxylic acids is 1. The molecule has 0 spiro atoms. The Labute approximate surface area is 172 Å². The number of likely N-dealkylation sites (N-methyl/N-ethyl adjacent to an activating group) is 1. The number of sulfonamides is 1. The predicted octanol–water partition coefficient (Wildman–Crippen LogP) is 2.73. The molecule has 0 bridgehead atoms. The second kappa shape index (κ2) is 10.3. The van der Waals surface area contributed by atoms with E-state index in [1.165, 1.54) is 23.1 Å². The van der Waals surface area contributed by atoms with Crippen molar-refractivity contribution in [3.8, 4) is 5.75 Å². The van der Waals surface area contributed by atoms with Gasteiger partial charge in [0.1, 0.15) is 5.75 Å². The molecule has 0 aliphatic heterocycles. The van der Waals surface area contributed by atoms with Crippen LogP contribution in [0.2, 0.25) is 0 Å². The molecule has 0 saturated heterocycles. The van der Waals surface area contributed by atoms with E-state index in [2.05, 4.69) is 4.72 Å². The Morgan fingerprint density at radius 3 is 2.43 bits per heavy atom. The molecule has 28 heavy (non-hydrogen) atoms. The average molecular weight is 428 g/mol. The van der Waals surface area contributed by atoms with Gasteiger partial charge in [-0.2, -0.15) is 0 Å². The molecule has 0 fully saturated rings. The summed E-state index contributed by atoms with van der Waals surface area (Å²) < 4.78 is 33.0. The highest BCUT2D eigenvalue weighted by Crippen LogP contribution is 2.20. The van der Waals surface area contributed by atoms with Crippen LogP contribution >= 0.6 is 12.4 Å². The Balaban J connectivity index is 0.00000392. The highest BCUT2D eigenvalue weighted by atomic mass is 35.5. The van der Waals surface area contributed by atoms with Crippen LogP contribution in [0.15, 0.2) is 53.4 Å². The van der Waals surface area contributed by atoms with E-state index in [0.717, 1.165) is 0 Å². The number of nitrogens with two attached hydrogens (primary N) is 1. The molecule has 2 aromatic rings. The molecule has 0 heterocycles. The molecule has 9 heteroatoms. The SMILES string of the molecule is CCOc1ccc(S(=O)(=O)Nc2cccc(C(=O)N(C)C(C)CN)c2)cc1.Cl. The molecule has 3 N–H and O–H groups in total. The van der Waals surface area contributed by atoms with Gasteiger partial charge in [-0.05, 0) is 56.3 Å². The van der Waals surface area contributed by atoms with Gasteiger partial charge in [0.15, 0.2) is 0 Å². The fraction of sp³-hybridized carbons (Fsp3) is 0.316. The first kappa shape index (κ1) is 23.7. The fourth-order valence-corrected chi connectivity index (χ4v) is 3.42. The lowest BCUT2D eigenvalue weighted by Gasteiger charge is -2.23. The summed E-state index contributed by atoms with van der Waals surface area (Å²) in [6.07, 6.45) is 0. The summed E-state index contributed by atoms with van der Waals surface area (Å²) in [7, 11) is -2.12. The van der Waals surface area contributed by atoms with Gasteiger partial charge >= 0.3 is 0 Å². The Kier molecular flexibility index (Phi) is 8.74. The lowest BCUT2D eigenvalue weighted by Crippen LogP contribution is -2.39. The van der Waals surface area contributed by atoms with Crippen LogP contribution in [0, 0.1) is 0 Å². The maximum absolute atomic E-state index is 12.6. The van der Waals surface area contributed by atoms with Crippen molar-refractivity contribution in [1.29, 1.82) is 0 Å². The van der Waals surface area contributed by atoms with E-state index in [1.807, 2.05) is 13.8 Å². The third kappa shape index (κ3) is 5.85. The number of nitrogens with one attached hydrogen (secondary N) is 1. The normalized spacial score (nSPS) is 11.9. The number of ether oxygens (including phenoxy) is 1. The van der Waals surface area contributed by atoms with Crippen LogP contribution in [0.25, 0.3) is 0 Å². The molecule has 1 atom stereocenters. The molecular formula is C19H26ClN3O4S. The number of benzene rings is 2. The maximum atomic E-state index is 12.6. The number of amides is 1. The molecular weight excluding hydrogens is 402 g/mol. The summed E-state index contributed by atoms with van der Waals surface area (Å²) in [6, 6.07) is 12.4. The number of anilines is 1. The van der Waals surface area contributed by atoms with Gasteiger partial charge < -0.3 is 15.4 Å². The summed E-state index contributed by atoms with van der Waals surface area (Å²) >= 11 is 0. The van der Waals surface area contributed by atoms with Crippen molar-refractivity contribution >= 4 is 34.0 Å². The molecule has 0 saturated carbocycles. The summed E-state index contributed by atoms with van der Waals surface area (Å²) in [4.78, 5) is 14.1. The van der Waals surface area contributed by atoms with Gasteiger partial charge in [-0.25, -0.2) is 8.42 Å². The topological polar surface area (TPSA) is 102 Å². The third-order valence-corrected chi connectivity index (χ3v) is 5.53. The van der Waals surface area contributed by atoms with E-state index in [9.17, 15) is 13.2 Å². The number of halogens is 1. The summed E-state index contributed by atoms with van der Waals surface area (Å²) in [6.45, 7) is 4.54. The monoisotopic (exact) mass is 427 g/mol. The van der Waals surface area contributed by atoms with Crippen LogP contribution in [0.3, 0.4) is 0 Å². The molecule has 154 valence electrons. The number of carbonyl (C=O) groups is 1. The molecule has 7 nitrogen and oxygen atoms in total. The zero-order chi connectivity index (χ0) is 20.0. The quantitative estimate of drug-likeness (QED) is 0.674. The van der Waals surface area contributed by atoms with Crippen molar-refractivity contribution in [2.45, 2.75) is 24.8 Å². The first-order chi connectivity index (χ1) is 12.8. The summed E-state index contributed by atoms with van der Waals surface area (Å²) in [5.41, 5.74) is 6.29. The first-order valence-electron chi connectivity index (χ1n) is 8.61. The molecule has 0 aliphatic rings. The second-order valence-electron chi connectivity index (χ2n) is 6.09. The zero-order valence-corrected chi connectivity index (χ0v) is 17.7. The minimum atomic E-state index is -3.78. The molecule has 0 radical (unpaired) electrons. The van der Waals surface area contributed by atoms with Gasteiger partial charge in [-0.15, -0.1) is 12.4 Å². The van der Waals surface area contributed by atoms with Crippen molar-refractivity contribution in [1.82, 2.24) is 4.90 Å². The minimum absolute atomic E-state index is 0. The van der Waals surface area contributed by atoms with Crippen LogP contribution < -0.4 is 15.2 Å². The molecule has 1 unspecified atom stereocenters. The predicted molar refractivity (Wildman–Crippen MR) is 113 cm³/mol. The average Bonchev–Trinajstić information content (AvgIpc) is 2.66. The Bertz CT molecular complexity index is 888. The third-order valence-electron chi connectivity index (χ3n) is 4.13. The smallest absolute Gasteiger partial charge is 0.261 e. The lowest BCUT2D eigenvalue weighted by atomic mass is 10.1. The van der Waals surface area contributed by atoms with Gasteiger partial charge in [0, 0.05) is 30.9 Å². The van der Waals surface area contributed by atoms with E-state index in [1.54, 1.807) is 37.4 Å². The number of hydrogen-bond acceptors (Lipinski definition) is 5. The number of hydrogen-bond donors (Lipinski definition) is 2. The zero-order valence-electron chi connectivity index (χ0n) is 16.1. The standard InChI is InChI=1S/C19H25N3O4S.ClH/c1-4-26-17-8-10-18(11-9-17)27(24,25)21-16-7-5-6-15(12-16)19(23)22(3)14(2)13-20;/h5-12,14,21H,4,13,20H2,1-3H3;1H. The van der Waals surface area contributed by atoms with Crippen LogP contribution in [-0.2, 0) is 10.0 Å². The van der Waals surface area contributed by atoms with E-state index in [0.29, 0.717) is 30.2 Å². The maximum Gasteiger partial charge on any atom is 0.261 e. The van der Waals surface area contributed by atoms with Crippen molar-refractivity contribution in [3.63, 3.8) is 0 Å². The van der Waals surface area contributed by atoms with E-state index in [4.69, 9.17) is 10.5 Å². The highest BCUT2D eigenvalue weighted by molar-refractivity contribution is 7.92. The van der Waals surface area contributed by atoms with Crippen LogP contribution in [0.5, 0.6) is 5.75 Å².